The molecule has 0 aliphatic rings. The molecule has 0 bridgehead atoms. The third-order valence-electron chi connectivity index (χ3n) is 6.74. The Bertz CT molecular complexity index is 2230. The Morgan fingerprint density at radius 1 is 1.00 bits per heavy atom. The second kappa shape index (κ2) is 12.1. The standard InChI is InChI=1S/C34H23FN6O2S/c1-22-9-7-13-26(17-22)41-33(43)30(44-34(41)27(19-36)32(42)38-29-15-6-5-14-28(29)35)18-24-21-40(25-11-3-2-4-12-25)39-31(24)23-10-8-16-37-20-23/h2-18,20-21H,1H3,(H,38,42)/b30-18-,34-27-. The van der Waals surface area contributed by atoms with Gasteiger partial charge in [-0.3, -0.25) is 19.1 Å². The summed E-state index contributed by atoms with van der Waals surface area (Å²) in [6.45, 7) is 1.88. The first kappa shape index (κ1) is 28.2. The molecule has 8 nitrogen and oxygen atoms in total. The zero-order chi connectivity index (χ0) is 30.6. The Balaban J connectivity index is 1.60. The van der Waals surface area contributed by atoms with Crippen LogP contribution in [0, 0.1) is 24.1 Å². The van der Waals surface area contributed by atoms with E-state index in [2.05, 4.69) is 10.3 Å². The van der Waals surface area contributed by atoms with E-state index in [1.54, 1.807) is 53.5 Å². The Kier molecular flexibility index (Phi) is 7.78. The molecule has 0 spiro atoms. The minimum Gasteiger partial charge on any atom is -0.319 e. The maximum absolute atomic E-state index is 14.3. The number of nitriles is 1. The summed E-state index contributed by atoms with van der Waals surface area (Å²) >= 11 is 0.995. The van der Waals surface area contributed by atoms with Crippen molar-refractivity contribution in [2.24, 2.45) is 0 Å². The largest absolute Gasteiger partial charge is 0.319 e. The number of hydrogen-bond acceptors (Lipinski definition) is 6. The van der Waals surface area contributed by atoms with Gasteiger partial charge in [0.2, 0.25) is 0 Å². The van der Waals surface area contributed by atoms with E-state index in [1.807, 2.05) is 61.7 Å². The summed E-state index contributed by atoms with van der Waals surface area (Å²) in [5, 5.41) is 17.4. The van der Waals surface area contributed by atoms with Gasteiger partial charge in [0.1, 0.15) is 22.2 Å². The van der Waals surface area contributed by atoms with Crippen LogP contribution in [0.15, 0.2) is 114 Å². The number of aromatic nitrogens is 4. The maximum Gasteiger partial charge on any atom is 0.273 e. The van der Waals surface area contributed by atoms with Crippen molar-refractivity contribution in [2.75, 3.05) is 5.32 Å². The minimum absolute atomic E-state index is 0.0764. The van der Waals surface area contributed by atoms with Crippen molar-refractivity contribution < 1.29 is 9.18 Å². The average molecular weight is 599 g/mol. The van der Waals surface area contributed by atoms with Crippen molar-refractivity contribution in [2.45, 2.75) is 6.92 Å². The van der Waals surface area contributed by atoms with Crippen LogP contribution in [0.1, 0.15) is 11.1 Å². The number of para-hydroxylation sites is 2. The van der Waals surface area contributed by atoms with Gasteiger partial charge in [0.25, 0.3) is 11.5 Å². The summed E-state index contributed by atoms with van der Waals surface area (Å²) in [5.41, 5.74) is 3.35. The van der Waals surface area contributed by atoms with Gasteiger partial charge >= 0.3 is 0 Å². The van der Waals surface area contributed by atoms with E-state index in [9.17, 15) is 19.2 Å². The average Bonchev–Trinajstić information content (AvgIpc) is 3.60. The minimum atomic E-state index is -0.834. The summed E-state index contributed by atoms with van der Waals surface area (Å²) in [6.07, 6.45) is 6.86. The van der Waals surface area contributed by atoms with Crippen molar-refractivity contribution in [1.29, 1.82) is 5.26 Å². The molecule has 0 radical (unpaired) electrons. The van der Waals surface area contributed by atoms with Crippen molar-refractivity contribution in [3.63, 3.8) is 0 Å². The van der Waals surface area contributed by atoms with E-state index < -0.39 is 17.3 Å². The molecule has 3 aromatic carbocycles. The summed E-state index contributed by atoms with van der Waals surface area (Å²) < 4.78 is 17.8. The lowest BCUT2D eigenvalue weighted by molar-refractivity contribution is -0.111. The number of thiazole rings is 1. The van der Waals surface area contributed by atoms with Gasteiger partial charge < -0.3 is 5.32 Å². The topological polar surface area (TPSA) is 106 Å². The molecule has 6 rings (SSSR count). The molecule has 0 fully saturated rings. The van der Waals surface area contributed by atoms with Crippen LogP contribution < -0.4 is 20.1 Å². The third kappa shape index (κ3) is 5.60. The number of nitrogens with zero attached hydrogens (tertiary/aromatic N) is 5. The number of carbonyl (C=O) groups excluding carboxylic acids is 1. The van der Waals surface area contributed by atoms with Crippen LogP contribution in [-0.4, -0.2) is 25.2 Å². The molecule has 1 N–H and O–H groups in total. The fourth-order valence-electron chi connectivity index (χ4n) is 4.67. The molecule has 0 saturated heterocycles. The molecule has 214 valence electrons. The van der Waals surface area contributed by atoms with Gasteiger partial charge in [-0.1, -0.05) is 42.5 Å². The highest BCUT2D eigenvalue weighted by atomic mass is 32.1. The molecule has 0 aliphatic carbocycles. The number of pyridine rings is 1. The number of hydrogen-bond donors (Lipinski definition) is 1. The van der Waals surface area contributed by atoms with Gasteiger partial charge in [-0.2, -0.15) is 10.4 Å². The Labute approximate surface area is 254 Å². The highest BCUT2D eigenvalue weighted by Crippen LogP contribution is 2.24. The number of halogens is 1. The van der Waals surface area contributed by atoms with Crippen LogP contribution in [0.3, 0.4) is 0 Å². The predicted molar refractivity (Wildman–Crippen MR) is 168 cm³/mol. The van der Waals surface area contributed by atoms with E-state index >= 15 is 0 Å². The summed E-state index contributed by atoms with van der Waals surface area (Å²) in [7, 11) is 0. The van der Waals surface area contributed by atoms with Gasteiger partial charge in [-0.25, -0.2) is 9.07 Å². The van der Waals surface area contributed by atoms with Crippen LogP contribution >= 0.6 is 11.3 Å². The molecule has 6 aromatic rings. The second-order valence-corrected chi connectivity index (χ2v) is 10.8. The van der Waals surface area contributed by atoms with Gasteiger partial charge in [-0.05, 0) is 67.1 Å². The highest BCUT2D eigenvalue weighted by molar-refractivity contribution is 7.07. The number of nitrogens with one attached hydrogen (secondary N) is 1. The Morgan fingerprint density at radius 3 is 2.50 bits per heavy atom. The summed E-state index contributed by atoms with van der Waals surface area (Å²) in [6, 6.07) is 28.0. The maximum atomic E-state index is 14.3. The van der Waals surface area contributed by atoms with E-state index in [0.717, 1.165) is 28.2 Å². The lowest BCUT2D eigenvalue weighted by Gasteiger charge is -2.07. The number of anilines is 1. The predicted octanol–water partition coefficient (Wildman–Crippen LogP) is 4.74. The monoisotopic (exact) mass is 598 g/mol. The van der Waals surface area contributed by atoms with E-state index in [1.165, 1.54) is 22.8 Å². The highest BCUT2D eigenvalue weighted by Gasteiger charge is 2.19. The van der Waals surface area contributed by atoms with Crippen molar-refractivity contribution in [3.05, 3.63) is 146 Å². The summed E-state index contributed by atoms with van der Waals surface area (Å²) in [5.74, 6) is -1.48. The van der Waals surface area contributed by atoms with Crippen LogP contribution in [-0.2, 0) is 4.79 Å². The van der Waals surface area contributed by atoms with Crippen molar-refractivity contribution in [1.82, 2.24) is 19.3 Å². The molecule has 44 heavy (non-hydrogen) atoms. The zero-order valence-electron chi connectivity index (χ0n) is 23.3. The zero-order valence-corrected chi connectivity index (χ0v) is 24.1. The normalized spacial score (nSPS) is 12.1. The molecule has 3 heterocycles. The van der Waals surface area contributed by atoms with Crippen LogP contribution in [0.25, 0.3) is 34.3 Å². The Hall–Kier alpha value is -5.92. The number of carbonyl (C=O) groups is 1. The van der Waals surface area contributed by atoms with Crippen LogP contribution in [0.4, 0.5) is 10.1 Å². The second-order valence-electron chi connectivity index (χ2n) is 9.77. The fourth-order valence-corrected chi connectivity index (χ4v) is 5.76. The molecular weight excluding hydrogens is 575 g/mol. The van der Waals surface area contributed by atoms with Gasteiger partial charge in [-0.15, -0.1) is 11.3 Å². The van der Waals surface area contributed by atoms with Crippen molar-refractivity contribution in [3.8, 4) is 28.7 Å². The van der Waals surface area contributed by atoms with Crippen molar-refractivity contribution >= 4 is 34.6 Å². The quantitative estimate of drug-likeness (QED) is 0.298. The SMILES string of the molecule is Cc1cccc(-n2c(=O)/c(=C/c3cn(-c4ccccc4)nc3-c3cccnc3)s/c2=C(/C#N)C(=O)Nc2ccccc2F)c1. The van der Waals surface area contributed by atoms with Crippen LogP contribution in [0.5, 0.6) is 0 Å². The molecule has 10 heteroatoms. The molecule has 0 saturated carbocycles. The van der Waals surface area contributed by atoms with Gasteiger partial charge in [0.05, 0.1) is 21.6 Å². The molecule has 0 atom stereocenters. The number of rotatable bonds is 6. The third-order valence-corrected chi connectivity index (χ3v) is 7.84. The fraction of sp³-hybridized carbons (Fsp3) is 0.0294. The molecular formula is C34H23FN6O2S. The first-order valence-electron chi connectivity index (χ1n) is 13.5. The lowest BCUT2D eigenvalue weighted by atomic mass is 10.1. The summed E-state index contributed by atoms with van der Waals surface area (Å²) in [4.78, 5) is 31.7. The molecule has 0 aliphatic heterocycles. The number of aryl methyl sites for hydroxylation is 1. The number of benzene rings is 3. The Morgan fingerprint density at radius 2 is 1.77 bits per heavy atom. The van der Waals surface area contributed by atoms with Gasteiger partial charge in [0, 0.05) is 29.7 Å². The first-order valence-corrected chi connectivity index (χ1v) is 14.3. The van der Waals surface area contributed by atoms with Crippen LogP contribution in [0.2, 0.25) is 0 Å². The molecule has 1 amide bonds. The number of amides is 1. The smallest absolute Gasteiger partial charge is 0.273 e. The molecule has 3 aromatic heterocycles. The molecule has 0 unspecified atom stereocenters. The van der Waals surface area contributed by atoms with E-state index in [0.29, 0.717) is 16.9 Å². The van der Waals surface area contributed by atoms with E-state index in [-0.39, 0.29) is 20.5 Å². The first-order chi connectivity index (χ1) is 21.4. The lowest BCUT2D eigenvalue weighted by Crippen LogP contribution is -2.32. The van der Waals surface area contributed by atoms with E-state index in [4.69, 9.17) is 5.10 Å². The van der Waals surface area contributed by atoms with Gasteiger partial charge in [0.15, 0.2) is 5.57 Å².